The van der Waals surface area contributed by atoms with Crippen molar-refractivity contribution >= 4 is 11.8 Å². The zero-order valence-corrected chi connectivity index (χ0v) is 15.7. The van der Waals surface area contributed by atoms with E-state index in [1.54, 1.807) is 18.1 Å². The van der Waals surface area contributed by atoms with Crippen LogP contribution in [-0.2, 0) is 9.53 Å². The van der Waals surface area contributed by atoms with E-state index in [1.807, 2.05) is 31.2 Å². The second-order valence-electron chi connectivity index (χ2n) is 6.74. The number of hydrogen-bond donors (Lipinski definition) is 1. The maximum atomic E-state index is 12.9. The molecule has 1 aliphatic rings. The highest BCUT2D eigenvalue weighted by atomic mass is 16.5. The minimum Gasteiger partial charge on any atom is -0.383 e. The van der Waals surface area contributed by atoms with Crippen LogP contribution in [0.1, 0.15) is 35.3 Å². The zero-order chi connectivity index (χ0) is 19.2. The zero-order valence-electron chi connectivity index (χ0n) is 15.7. The number of methoxy groups -OCH3 is 1. The topological polar surface area (TPSA) is 84.7 Å². The second kappa shape index (κ2) is 8.81. The molecular formula is C20H25N3O4. The first kappa shape index (κ1) is 19.1. The Balaban J connectivity index is 1.73. The molecule has 0 bridgehead atoms. The van der Waals surface area contributed by atoms with Crippen LogP contribution in [-0.4, -0.2) is 54.7 Å². The fourth-order valence-corrected chi connectivity index (χ4v) is 3.22. The standard InChI is InChI=1S/C20H25N3O4/c1-14-6-8-15(9-7-14)18-13-16(22-27-18)20(25)23-11-4-3-5-17(23)19(24)21-10-12-26-2/h6-9,13,17H,3-5,10-12H2,1-2H3,(H,21,24)/t17-/m0/s1. The molecule has 1 saturated heterocycles. The Bertz CT molecular complexity index is 785. The van der Waals surface area contributed by atoms with Crippen LogP contribution in [0.2, 0.25) is 0 Å². The third kappa shape index (κ3) is 4.54. The van der Waals surface area contributed by atoms with E-state index in [-0.39, 0.29) is 17.5 Å². The normalized spacial score (nSPS) is 17.0. The number of nitrogens with one attached hydrogen (secondary N) is 1. The monoisotopic (exact) mass is 371 g/mol. The van der Waals surface area contributed by atoms with E-state index in [4.69, 9.17) is 9.26 Å². The average Bonchev–Trinajstić information content (AvgIpc) is 3.18. The number of aryl methyl sites for hydroxylation is 1. The van der Waals surface area contributed by atoms with E-state index in [9.17, 15) is 9.59 Å². The first-order valence-electron chi connectivity index (χ1n) is 9.21. The average molecular weight is 371 g/mol. The van der Waals surface area contributed by atoms with Crippen LogP contribution < -0.4 is 5.32 Å². The fraction of sp³-hybridized carbons (Fsp3) is 0.450. The lowest BCUT2D eigenvalue weighted by molar-refractivity contribution is -0.126. The predicted molar refractivity (Wildman–Crippen MR) is 100 cm³/mol. The number of ether oxygens (including phenoxy) is 1. The summed E-state index contributed by atoms with van der Waals surface area (Å²) in [5.74, 6) is 0.113. The van der Waals surface area contributed by atoms with Crippen molar-refractivity contribution in [2.24, 2.45) is 0 Å². The summed E-state index contributed by atoms with van der Waals surface area (Å²) in [5, 5.41) is 6.77. The van der Waals surface area contributed by atoms with E-state index in [2.05, 4.69) is 10.5 Å². The van der Waals surface area contributed by atoms with E-state index in [1.165, 1.54) is 0 Å². The highest BCUT2D eigenvalue weighted by Gasteiger charge is 2.33. The molecule has 0 spiro atoms. The Hall–Kier alpha value is -2.67. The second-order valence-corrected chi connectivity index (χ2v) is 6.74. The number of hydrogen-bond acceptors (Lipinski definition) is 5. The molecule has 2 heterocycles. The van der Waals surface area contributed by atoms with Crippen molar-refractivity contribution < 1.29 is 18.8 Å². The number of likely N-dealkylation sites (tertiary alicyclic amines) is 1. The van der Waals surface area contributed by atoms with E-state index >= 15 is 0 Å². The van der Waals surface area contributed by atoms with Crippen LogP contribution in [0.4, 0.5) is 0 Å². The van der Waals surface area contributed by atoms with Crippen LogP contribution >= 0.6 is 0 Å². The maximum Gasteiger partial charge on any atom is 0.276 e. The Morgan fingerprint density at radius 2 is 2.07 bits per heavy atom. The lowest BCUT2D eigenvalue weighted by atomic mass is 10.0. The number of carbonyl (C=O) groups excluding carboxylic acids is 2. The molecule has 7 nitrogen and oxygen atoms in total. The Morgan fingerprint density at radius 3 is 2.81 bits per heavy atom. The molecule has 1 fully saturated rings. The summed E-state index contributed by atoms with van der Waals surface area (Å²) in [5.41, 5.74) is 2.23. The first-order chi connectivity index (χ1) is 13.1. The molecule has 0 unspecified atom stereocenters. The number of piperidine rings is 1. The van der Waals surface area contributed by atoms with Crippen molar-refractivity contribution in [3.05, 3.63) is 41.6 Å². The van der Waals surface area contributed by atoms with Gasteiger partial charge in [0.25, 0.3) is 5.91 Å². The number of nitrogens with zero attached hydrogens (tertiary/aromatic N) is 2. The molecule has 144 valence electrons. The maximum absolute atomic E-state index is 12.9. The molecular weight excluding hydrogens is 346 g/mol. The smallest absolute Gasteiger partial charge is 0.276 e. The highest BCUT2D eigenvalue weighted by Crippen LogP contribution is 2.24. The summed E-state index contributed by atoms with van der Waals surface area (Å²) in [6.45, 7) is 3.41. The Morgan fingerprint density at radius 1 is 1.30 bits per heavy atom. The SMILES string of the molecule is COCCNC(=O)[C@@H]1CCCCN1C(=O)c1cc(-c2ccc(C)cc2)on1. The first-order valence-corrected chi connectivity index (χ1v) is 9.21. The van der Waals surface area contributed by atoms with E-state index < -0.39 is 6.04 Å². The van der Waals surface area contributed by atoms with Gasteiger partial charge < -0.3 is 19.5 Å². The molecule has 27 heavy (non-hydrogen) atoms. The van der Waals surface area contributed by atoms with Crippen molar-refractivity contribution in [3.8, 4) is 11.3 Å². The quantitative estimate of drug-likeness (QED) is 0.788. The molecule has 1 aliphatic heterocycles. The largest absolute Gasteiger partial charge is 0.383 e. The number of rotatable bonds is 6. The van der Waals surface area contributed by atoms with Gasteiger partial charge in [-0.1, -0.05) is 35.0 Å². The Labute approximate surface area is 158 Å². The fourth-order valence-electron chi connectivity index (χ4n) is 3.22. The number of carbonyl (C=O) groups is 2. The highest BCUT2D eigenvalue weighted by molar-refractivity contribution is 5.96. The lowest BCUT2D eigenvalue weighted by Crippen LogP contribution is -2.52. The van der Waals surface area contributed by atoms with Crippen LogP contribution in [0, 0.1) is 6.92 Å². The van der Waals surface area contributed by atoms with Gasteiger partial charge in [0.15, 0.2) is 11.5 Å². The van der Waals surface area contributed by atoms with Gasteiger partial charge >= 0.3 is 0 Å². The van der Waals surface area contributed by atoms with Crippen molar-refractivity contribution in [2.75, 3.05) is 26.8 Å². The third-order valence-electron chi connectivity index (χ3n) is 4.74. The minimum absolute atomic E-state index is 0.151. The molecule has 1 aromatic carbocycles. The van der Waals surface area contributed by atoms with Crippen LogP contribution in [0.5, 0.6) is 0 Å². The summed E-state index contributed by atoms with van der Waals surface area (Å²) in [4.78, 5) is 27.0. The van der Waals surface area contributed by atoms with Gasteiger partial charge in [0.05, 0.1) is 6.61 Å². The van der Waals surface area contributed by atoms with Crippen molar-refractivity contribution in [3.63, 3.8) is 0 Å². The minimum atomic E-state index is -0.484. The van der Waals surface area contributed by atoms with Gasteiger partial charge in [-0.3, -0.25) is 9.59 Å². The van der Waals surface area contributed by atoms with Crippen molar-refractivity contribution in [1.82, 2.24) is 15.4 Å². The van der Waals surface area contributed by atoms with Gasteiger partial charge in [-0.15, -0.1) is 0 Å². The van der Waals surface area contributed by atoms with Gasteiger partial charge in [-0.25, -0.2) is 0 Å². The third-order valence-corrected chi connectivity index (χ3v) is 4.74. The van der Waals surface area contributed by atoms with Gasteiger partial charge in [0.2, 0.25) is 5.91 Å². The molecule has 0 aliphatic carbocycles. The number of benzene rings is 1. The van der Waals surface area contributed by atoms with Crippen molar-refractivity contribution in [2.45, 2.75) is 32.2 Å². The molecule has 3 rings (SSSR count). The van der Waals surface area contributed by atoms with Gasteiger partial charge in [0.1, 0.15) is 6.04 Å². The van der Waals surface area contributed by atoms with Gasteiger partial charge in [-0.2, -0.15) is 0 Å². The number of amides is 2. The molecule has 2 aromatic rings. The summed E-state index contributed by atoms with van der Waals surface area (Å²) >= 11 is 0. The molecule has 0 radical (unpaired) electrons. The number of aromatic nitrogens is 1. The summed E-state index contributed by atoms with van der Waals surface area (Å²) in [6, 6.07) is 8.97. The molecule has 1 aromatic heterocycles. The van der Waals surface area contributed by atoms with Crippen LogP contribution in [0.25, 0.3) is 11.3 Å². The van der Waals surface area contributed by atoms with Gasteiger partial charge in [-0.05, 0) is 26.2 Å². The molecule has 1 N–H and O–H groups in total. The molecule has 1 atom stereocenters. The Kier molecular flexibility index (Phi) is 6.24. The lowest BCUT2D eigenvalue weighted by Gasteiger charge is -2.34. The summed E-state index contributed by atoms with van der Waals surface area (Å²) < 4.78 is 10.3. The van der Waals surface area contributed by atoms with Crippen molar-refractivity contribution in [1.29, 1.82) is 0 Å². The van der Waals surface area contributed by atoms with Crippen LogP contribution in [0.15, 0.2) is 34.9 Å². The predicted octanol–water partition coefficient (Wildman–Crippen LogP) is 2.41. The summed E-state index contributed by atoms with van der Waals surface area (Å²) in [7, 11) is 1.58. The molecule has 7 heteroatoms. The van der Waals surface area contributed by atoms with E-state index in [0.717, 1.165) is 24.0 Å². The molecule has 0 saturated carbocycles. The van der Waals surface area contributed by atoms with E-state index in [0.29, 0.717) is 31.9 Å². The molecule has 2 amide bonds. The summed E-state index contributed by atoms with van der Waals surface area (Å²) in [6.07, 6.45) is 2.43. The van der Waals surface area contributed by atoms with Gasteiger partial charge in [0, 0.05) is 31.8 Å². The van der Waals surface area contributed by atoms with Crippen LogP contribution in [0.3, 0.4) is 0 Å².